The van der Waals surface area contributed by atoms with Crippen LogP contribution in [0.25, 0.3) is 0 Å². The zero-order valence-electron chi connectivity index (χ0n) is 8.63. The van der Waals surface area contributed by atoms with E-state index in [0.717, 1.165) is 29.7 Å². The van der Waals surface area contributed by atoms with Gasteiger partial charge in [-0.05, 0) is 0 Å². The molecular formula is C9H13N3O2S2. The summed E-state index contributed by atoms with van der Waals surface area (Å²) in [5.41, 5.74) is 5.95. The molecule has 16 heavy (non-hydrogen) atoms. The van der Waals surface area contributed by atoms with Crippen molar-refractivity contribution in [2.24, 2.45) is 5.73 Å². The standard InChI is InChI=1S/C9H13N3O2S2/c10-7(8(13)14)6-5-16-9(11-6)12-1-3-15-4-2-12/h5,7H,1-4,10H2,(H,13,14). The van der Waals surface area contributed by atoms with E-state index in [0.29, 0.717) is 5.69 Å². The zero-order valence-corrected chi connectivity index (χ0v) is 10.3. The third-order valence-corrected chi connectivity index (χ3v) is 4.24. The fraction of sp³-hybridized carbons (Fsp3) is 0.556. The normalized spacial score (nSPS) is 18.4. The number of aromatic nitrogens is 1. The lowest BCUT2D eigenvalue weighted by Gasteiger charge is -2.25. The average molecular weight is 259 g/mol. The van der Waals surface area contributed by atoms with Gasteiger partial charge in [0, 0.05) is 30.0 Å². The minimum atomic E-state index is -1.04. The van der Waals surface area contributed by atoms with Crippen LogP contribution in [0.3, 0.4) is 0 Å². The molecule has 3 N–H and O–H groups in total. The van der Waals surface area contributed by atoms with Crippen molar-refractivity contribution in [1.82, 2.24) is 4.98 Å². The van der Waals surface area contributed by atoms with E-state index in [-0.39, 0.29) is 0 Å². The molecule has 0 bridgehead atoms. The van der Waals surface area contributed by atoms with Crippen molar-refractivity contribution in [3.05, 3.63) is 11.1 Å². The molecule has 88 valence electrons. The van der Waals surface area contributed by atoms with Crippen LogP contribution in [-0.4, -0.2) is 40.7 Å². The third-order valence-electron chi connectivity index (χ3n) is 2.38. The number of aliphatic carboxylic acids is 1. The van der Waals surface area contributed by atoms with E-state index < -0.39 is 12.0 Å². The molecule has 0 aromatic carbocycles. The summed E-state index contributed by atoms with van der Waals surface area (Å²) in [6.45, 7) is 1.94. The Labute approximate surface area is 102 Å². The highest BCUT2D eigenvalue weighted by Crippen LogP contribution is 2.25. The van der Waals surface area contributed by atoms with Gasteiger partial charge in [-0.25, -0.2) is 4.98 Å². The molecule has 0 radical (unpaired) electrons. The maximum absolute atomic E-state index is 10.7. The molecule has 1 fully saturated rings. The van der Waals surface area contributed by atoms with E-state index in [1.165, 1.54) is 11.3 Å². The maximum Gasteiger partial charge on any atom is 0.326 e. The summed E-state index contributed by atoms with van der Waals surface area (Å²) in [5.74, 6) is 1.16. The van der Waals surface area contributed by atoms with Crippen LogP contribution < -0.4 is 10.6 Å². The van der Waals surface area contributed by atoms with Gasteiger partial charge < -0.3 is 15.7 Å². The van der Waals surface area contributed by atoms with E-state index in [1.54, 1.807) is 5.38 Å². The molecule has 1 atom stereocenters. The fourth-order valence-corrected chi connectivity index (χ4v) is 3.26. The van der Waals surface area contributed by atoms with Crippen molar-refractivity contribution in [2.75, 3.05) is 29.5 Å². The highest BCUT2D eigenvalue weighted by atomic mass is 32.2. The Morgan fingerprint density at radius 2 is 2.25 bits per heavy atom. The molecule has 1 aromatic rings. The quantitative estimate of drug-likeness (QED) is 0.835. The Morgan fingerprint density at radius 1 is 1.56 bits per heavy atom. The SMILES string of the molecule is NC(C(=O)O)c1csc(N2CCSCC2)n1. The van der Waals surface area contributed by atoms with E-state index in [1.807, 2.05) is 11.8 Å². The van der Waals surface area contributed by atoms with Gasteiger partial charge in [0.25, 0.3) is 0 Å². The molecule has 0 spiro atoms. The summed E-state index contributed by atoms with van der Waals surface area (Å²) in [6.07, 6.45) is 0. The Balaban J connectivity index is 2.09. The number of thiazole rings is 1. The minimum absolute atomic E-state index is 0.450. The number of anilines is 1. The van der Waals surface area contributed by atoms with Crippen LogP contribution >= 0.6 is 23.1 Å². The summed E-state index contributed by atoms with van der Waals surface area (Å²) in [4.78, 5) is 17.2. The second-order valence-corrected chi connectivity index (χ2v) is 5.53. The van der Waals surface area contributed by atoms with Crippen molar-refractivity contribution in [3.63, 3.8) is 0 Å². The molecule has 1 saturated heterocycles. The van der Waals surface area contributed by atoms with Crippen LogP contribution in [0, 0.1) is 0 Å². The first-order valence-electron chi connectivity index (χ1n) is 4.95. The first kappa shape index (κ1) is 11.7. The van der Waals surface area contributed by atoms with E-state index in [4.69, 9.17) is 10.8 Å². The second-order valence-electron chi connectivity index (χ2n) is 3.47. The first-order chi connectivity index (χ1) is 7.68. The van der Waals surface area contributed by atoms with E-state index >= 15 is 0 Å². The number of carboxylic acid groups (broad SMARTS) is 1. The molecule has 7 heteroatoms. The molecule has 0 saturated carbocycles. The largest absolute Gasteiger partial charge is 0.480 e. The van der Waals surface area contributed by atoms with Crippen molar-refractivity contribution < 1.29 is 9.90 Å². The monoisotopic (exact) mass is 259 g/mol. The minimum Gasteiger partial charge on any atom is -0.480 e. The van der Waals surface area contributed by atoms with Crippen LogP contribution in [0.4, 0.5) is 5.13 Å². The molecule has 5 nitrogen and oxygen atoms in total. The smallest absolute Gasteiger partial charge is 0.326 e. The van der Waals surface area contributed by atoms with E-state index in [9.17, 15) is 4.79 Å². The van der Waals surface area contributed by atoms with Crippen LogP contribution in [0.5, 0.6) is 0 Å². The van der Waals surface area contributed by atoms with Gasteiger partial charge in [0.1, 0.15) is 6.04 Å². The van der Waals surface area contributed by atoms with Gasteiger partial charge in [-0.1, -0.05) is 0 Å². The van der Waals surface area contributed by atoms with Gasteiger partial charge in [0.2, 0.25) is 0 Å². The molecule has 0 amide bonds. The molecular weight excluding hydrogens is 246 g/mol. The number of rotatable bonds is 3. The number of carbonyl (C=O) groups is 1. The van der Waals surface area contributed by atoms with Crippen LogP contribution in [0.2, 0.25) is 0 Å². The fourth-order valence-electron chi connectivity index (χ4n) is 1.45. The highest BCUT2D eigenvalue weighted by Gasteiger charge is 2.20. The number of nitrogens with zero attached hydrogens (tertiary/aromatic N) is 2. The van der Waals surface area contributed by atoms with Crippen molar-refractivity contribution in [1.29, 1.82) is 0 Å². The van der Waals surface area contributed by atoms with Crippen molar-refractivity contribution in [2.45, 2.75) is 6.04 Å². The summed E-state index contributed by atoms with van der Waals surface area (Å²) >= 11 is 3.39. The average Bonchev–Trinajstić information content (AvgIpc) is 2.78. The predicted molar refractivity (Wildman–Crippen MR) is 66.2 cm³/mol. The Hall–Kier alpha value is -0.790. The van der Waals surface area contributed by atoms with Gasteiger partial charge in [-0.3, -0.25) is 4.79 Å². The predicted octanol–water partition coefficient (Wildman–Crippen LogP) is 0.781. The lowest BCUT2D eigenvalue weighted by atomic mass is 10.2. The van der Waals surface area contributed by atoms with Gasteiger partial charge in [-0.15, -0.1) is 11.3 Å². The molecule has 2 rings (SSSR count). The molecule has 1 aliphatic heterocycles. The Bertz CT molecular complexity index is 377. The van der Waals surface area contributed by atoms with Gasteiger partial charge >= 0.3 is 5.97 Å². The highest BCUT2D eigenvalue weighted by molar-refractivity contribution is 7.99. The topological polar surface area (TPSA) is 79.5 Å². The maximum atomic E-state index is 10.7. The molecule has 1 aliphatic rings. The number of nitrogens with two attached hydrogens (primary N) is 1. The third kappa shape index (κ3) is 2.47. The molecule has 2 heterocycles. The Kier molecular flexibility index (Phi) is 3.67. The number of carboxylic acids is 1. The lowest BCUT2D eigenvalue weighted by Crippen LogP contribution is -2.32. The summed E-state index contributed by atoms with van der Waals surface area (Å²) in [7, 11) is 0. The van der Waals surface area contributed by atoms with Gasteiger partial charge in [-0.2, -0.15) is 11.8 Å². The van der Waals surface area contributed by atoms with Crippen LogP contribution in [0.15, 0.2) is 5.38 Å². The molecule has 1 aromatic heterocycles. The summed E-state index contributed by atoms with van der Waals surface area (Å²) < 4.78 is 0. The van der Waals surface area contributed by atoms with Crippen molar-refractivity contribution in [3.8, 4) is 0 Å². The summed E-state index contributed by atoms with van der Waals surface area (Å²) in [5, 5.41) is 11.4. The first-order valence-corrected chi connectivity index (χ1v) is 6.98. The molecule has 0 aliphatic carbocycles. The van der Waals surface area contributed by atoms with Crippen LogP contribution in [0.1, 0.15) is 11.7 Å². The molecule has 1 unspecified atom stereocenters. The van der Waals surface area contributed by atoms with Gasteiger partial charge in [0.05, 0.1) is 5.69 Å². The number of hydrogen-bond acceptors (Lipinski definition) is 6. The lowest BCUT2D eigenvalue weighted by molar-refractivity contribution is -0.138. The zero-order chi connectivity index (χ0) is 11.5. The summed E-state index contributed by atoms with van der Waals surface area (Å²) in [6, 6.07) is -1.01. The van der Waals surface area contributed by atoms with Gasteiger partial charge in [0.15, 0.2) is 5.13 Å². The van der Waals surface area contributed by atoms with E-state index in [2.05, 4.69) is 9.88 Å². The number of hydrogen-bond donors (Lipinski definition) is 2. The Morgan fingerprint density at radius 3 is 2.88 bits per heavy atom. The number of thioether (sulfide) groups is 1. The van der Waals surface area contributed by atoms with Crippen molar-refractivity contribution >= 4 is 34.2 Å². The second kappa shape index (κ2) is 5.03. The van der Waals surface area contributed by atoms with Crippen LogP contribution in [-0.2, 0) is 4.79 Å².